The minimum Gasteiger partial charge on any atom is -0.381 e. The van der Waals surface area contributed by atoms with Crippen molar-refractivity contribution < 1.29 is 14.0 Å². The van der Waals surface area contributed by atoms with Crippen LogP contribution in [-0.2, 0) is 9.47 Å². The Morgan fingerprint density at radius 2 is 1.96 bits per heavy atom. The first-order chi connectivity index (χ1) is 12.2. The van der Waals surface area contributed by atoms with E-state index in [0.29, 0.717) is 6.04 Å². The Bertz CT molecular complexity index is 705. The van der Waals surface area contributed by atoms with E-state index in [1.54, 1.807) is 0 Å². The van der Waals surface area contributed by atoms with Crippen molar-refractivity contribution in [2.75, 3.05) is 32.9 Å². The van der Waals surface area contributed by atoms with E-state index in [-0.39, 0.29) is 6.10 Å². The number of aromatic nitrogens is 2. The highest BCUT2D eigenvalue weighted by molar-refractivity contribution is 5.63. The van der Waals surface area contributed by atoms with Crippen molar-refractivity contribution in [3.63, 3.8) is 0 Å². The first-order valence-corrected chi connectivity index (χ1v) is 9.06. The first-order valence-electron chi connectivity index (χ1n) is 9.06. The van der Waals surface area contributed by atoms with Gasteiger partial charge < -0.3 is 14.0 Å². The molecule has 0 aromatic carbocycles. The number of ether oxygens (including phenoxy) is 2. The van der Waals surface area contributed by atoms with Crippen LogP contribution in [0, 0.1) is 13.8 Å². The van der Waals surface area contributed by atoms with Gasteiger partial charge >= 0.3 is 0 Å². The lowest BCUT2D eigenvalue weighted by Crippen LogP contribution is -2.47. The second kappa shape index (κ2) is 7.23. The lowest BCUT2D eigenvalue weighted by Gasteiger charge is -2.39. The molecule has 0 spiro atoms. The maximum absolute atomic E-state index is 6.04. The third kappa shape index (κ3) is 3.47. The van der Waals surface area contributed by atoms with E-state index >= 15 is 0 Å². The molecule has 2 aromatic rings. The lowest BCUT2D eigenvalue weighted by atomic mass is 10.0. The minimum atomic E-state index is 0.0111. The van der Waals surface area contributed by atoms with E-state index in [9.17, 15) is 0 Å². The molecule has 0 radical (unpaired) electrons. The van der Waals surface area contributed by atoms with Gasteiger partial charge in [0.2, 0.25) is 0 Å². The van der Waals surface area contributed by atoms with Gasteiger partial charge in [0, 0.05) is 32.3 Å². The highest BCUT2D eigenvalue weighted by Crippen LogP contribution is 2.29. The summed E-state index contributed by atoms with van der Waals surface area (Å²) < 4.78 is 16.8. The number of morpholine rings is 1. The van der Waals surface area contributed by atoms with Crippen LogP contribution >= 0.6 is 0 Å². The molecule has 4 rings (SSSR count). The molecule has 0 saturated carbocycles. The summed E-state index contributed by atoms with van der Waals surface area (Å²) in [5, 5.41) is 4.04. The summed E-state index contributed by atoms with van der Waals surface area (Å²) in [6.45, 7) is 8.24. The van der Waals surface area contributed by atoms with E-state index in [4.69, 9.17) is 19.0 Å². The van der Waals surface area contributed by atoms with Crippen molar-refractivity contribution in [1.82, 2.24) is 15.0 Å². The SMILES string of the molecule is Cc1noc(C)c1-c1cccc(C2CN(C3CCOCC3)CCO2)n1. The summed E-state index contributed by atoms with van der Waals surface area (Å²) in [6.07, 6.45) is 2.23. The summed E-state index contributed by atoms with van der Waals surface area (Å²) in [5.74, 6) is 0.801. The number of hydrogen-bond acceptors (Lipinski definition) is 6. The molecule has 2 saturated heterocycles. The number of pyridine rings is 1. The molecule has 25 heavy (non-hydrogen) atoms. The Labute approximate surface area is 148 Å². The molecule has 4 heterocycles. The standard InChI is InChI=1S/C19H25N3O3/c1-13-19(14(2)25-21-13)17-5-3-4-16(20-17)18-12-22(8-11-24-18)15-6-9-23-10-7-15/h3-5,15,18H,6-12H2,1-2H3. The van der Waals surface area contributed by atoms with Gasteiger partial charge in [-0.25, -0.2) is 4.98 Å². The van der Waals surface area contributed by atoms with Crippen LogP contribution in [0.15, 0.2) is 22.7 Å². The molecule has 0 N–H and O–H groups in total. The van der Waals surface area contributed by atoms with Gasteiger partial charge in [-0.05, 0) is 38.8 Å². The van der Waals surface area contributed by atoms with Gasteiger partial charge in [-0.2, -0.15) is 0 Å². The average Bonchev–Trinajstić information content (AvgIpc) is 3.01. The Morgan fingerprint density at radius 3 is 2.72 bits per heavy atom. The van der Waals surface area contributed by atoms with Crippen molar-refractivity contribution in [2.45, 2.75) is 38.8 Å². The fourth-order valence-corrected chi connectivity index (χ4v) is 3.85. The summed E-state index contributed by atoms with van der Waals surface area (Å²) in [5.41, 5.74) is 3.74. The summed E-state index contributed by atoms with van der Waals surface area (Å²) in [6, 6.07) is 6.71. The maximum Gasteiger partial charge on any atom is 0.143 e. The second-order valence-electron chi connectivity index (χ2n) is 6.84. The molecule has 134 valence electrons. The summed E-state index contributed by atoms with van der Waals surface area (Å²) in [7, 11) is 0. The van der Waals surface area contributed by atoms with Crippen LogP contribution in [0.1, 0.15) is 36.1 Å². The average molecular weight is 343 g/mol. The van der Waals surface area contributed by atoms with Crippen LogP contribution in [-0.4, -0.2) is 54.0 Å². The fraction of sp³-hybridized carbons (Fsp3) is 0.579. The zero-order valence-corrected chi connectivity index (χ0v) is 14.9. The second-order valence-corrected chi connectivity index (χ2v) is 6.84. The minimum absolute atomic E-state index is 0.0111. The van der Waals surface area contributed by atoms with Crippen molar-refractivity contribution in [3.8, 4) is 11.3 Å². The quantitative estimate of drug-likeness (QED) is 0.854. The van der Waals surface area contributed by atoms with E-state index in [2.05, 4.69) is 16.1 Å². The molecule has 0 aliphatic carbocycles. The normalized spacial score (nSPS) is 23.0. The van der Waals surface area contributed by atoms with Crippen LogP contribution in [0.2, 0.25) is 0 Å². The molecule has 2 aliphatic heterocycles. The summed E-state index contributed by atoms with van der Waals surface area (Å²) in [4.78, 5) is 7.41. The van der Waals surface area contributed by atoms with Crippen molar-refractivity contribution >= 4 is 0 Å². The van der Waals surface area contributed by atoms with E-state index in [1.807, 2.05) is 26.0 Å². The van der Waals surface area contributed by atoms with Gasteiger partial charge in [0.1, 0.15) is 11.9 Å². The van der Waals surface area contributed by atoms with Crippen molar-refractivity contribution in [2.24, 2.45) is 0 Å². The monoisotopic (exact) mass is 343 g/mol. The van der Waals surface area contributed by atoms with Crippen LogP contribution in [0.3, 0.4) is 0 Å². The van der Waals surface area contributed by atoms with Gasteiger partial charge in [0.25, 0.3) is 0 Å². The predicted molar refractivity (Wildman–Crippen MR) is 93.3 cm³/mol. The van der Waals surface area contributed by atoms with Crippen LogP contribution in [0.25, 0.3) is 11.3 Å². The van der Waals surface area contributed by atoms with Gasteiger partial charge in [-0.3, -0.25) is 4.90 Å². The van der Waals surface area contributed by atoms with Crippen molar-refractivity contribution in [1.29, 1.82) is 0 Å². The number of nitrogens with zero attached hydrogens (tertiary/aromatic N) is 3. The first kappa shape index (κ1) is 16.7. The highest BCUT2D eigenvalue weighted by atomic mass is 16.5. The van der Waals surface area contributed by atoms with Gasteiger partial charge in [-0.1, -0.05) is 11.2 Å². The zero-order chi connectivity index (χ0) is 17.2. The molecule has 1 atom stereocenters. The smallest absolute Gasteiger partial charge is 0.143 e. The fourth-order valence-electron chi connectivity index (χ4n) is 3.85. The molecule has 0 amide bonds. The van der Waals surface area contributed by atoms with E-state index in [0.717, 1.165) is 74.2 Å². The molecule has 1 unspecified atom stereocenters. The topological polar surface area (TPSA) is 60.6 Å². The Morgan fingerprint density at radius 1 is 1.12 bits per heavy atom. The Hall–Kier alpha value is -1.76. The number of rotatable bonds is 3. The molecule has 2 aromatic heterocycles. The zero-order valence-electron chi connectivity index (χ0n) is 14.9. The molecular weight excluding hydrogens is 318 g/mol. The molecule has 6 heteroatoms. The van der Waals surface area contributed by atoms with E-state index < -0.39 is 0 Å². The molecule has 0 bridgehead atoms. The summed E-state index contributed by atoms with van der Waals surface area (Å²) >= 11 is 0. The van der Waals surface area contributed by atoms with Gasteiger partial charge in [-0.15, -0.1) is 0 Å². The molecule has 6 nitrogen and oxygen atoms in total. The third-order valence-electron chi connectivity index (χ3n) is 5.20. The van der Waals surface area contributed by atoms with Crippen LogP contribution in [0.4, 0.5) is 0 Å². The largest absolute Gasteiger partial charge is 0.381 e. The van der Waals surface area contributed by atoms with Gasteiger partial charge in [0.05, 0.1) is 29.3 Å². The van der Waals surface area contributed by atoms with Crippen LogP contribution in [0.5, 0.6) is 0 Å². The number of aryl methyl sites for hydroxylation is 2. The van der Waals surface area contributed by atoms with Gasteiger partial charge in [0.15, 0.2) is 0 Å². The Balaban J connectivity index is 1.54. The Kier molecular flexibility index (Phi) is 4.83. The van der Waals surface area contributed by atoms with Crippen molar-refractivity contribution in [3.05, 3.63) is 35.3 Å². The van der Waals surface area contributed by atoms with E-state index in [1.165, 1.54) is 0 Å². The maximum atomic E-state index is 6.04. The lowest BCUT2D eigenvalue weighted by molar-refractivity contribution is -0.0646. The van der Waals surface area contributed by atoms with Crippen LogP contribution < -0.4 is 0 Å². The molecule has 2 fully saturated rings. The molecule has 2 aliphatic rings. The molecular formula is C19H25N3O3. The third-order valence-corrected chi connectivity index (χ3v) is 5.20. The predicted octanol–water partition coefficient (Wildman–Crippen LogP) is 2.91. The number of hydrogen-bond donors (Lipinski definition) is 0. The highest BCUT2D eigenvalue weighted by Gasteiger charge is 2.29.